The summed E-state index contributed by atoms with van der Waals surface area (Å²) in [5.41, 5.74) is 1.17. The number of hydrogen-bond donors (Lipinski definition) is 0. The molecular formula is C20H13Cl2N3O4. The van der Waals surface area contributed by atoms with Gasteiger partial charge in [0.05, 0.1) is 15.0 Å². The lowest BCUT2D eigenvalue weighted by Crippen LogP contribution is -2.38. The number of nitro benzene ring substituents is 1. The molecule has 29 heavy (non-hydrogen) atoms. The normalized spacial score (nSPS) is 13.2. The van der Waals surface area contributed by atoms with E-state index in [-0.39, 0.29) is 27.4 Å². The van der Waals surface area contributed by atoms with Crippen molar-refractivity contribution >= 4 is 40.6 Å². The molecule has 4 rings (SSSR count). The first-order valence-electron chi connectivity index (χ1n) is 8.61. The van der Waals surface area contributed by atoms with Crippen LogP contribution in [0.5, 0.6) is 11.5 Å². The lowest BCUT2D eigenvalue weighted by molar-refractivity contribution is -0.384. The lowest BCUT2D eigenvalue weighted by atomic mass is 9.98. The molecule has 3 aromatic rings. The Kier molecular flexibility index (Phi) is 5.08. The van der Waals surface area contributed by atoms with Crippen molar-refractivity contribution in [1.29, 1.82) is 0 Å². The quantitative estimate of drug-likeness (QED) is 0.415. The molecule has 0 saturated carbocycles. The fraction of sp³-hybridized carbons (Fsp3) is 0.100. The zero-order chi connectivity index (χ0) is 20.5. The first kappa shape index (κ1) is 19.2. The number of fused-ring (bicyclic) bond motifs is 1. The number of benzene rings is 2. The van der Waals surface area contributed by atoms with E-state index in [0.29, 0.717) is 30.1 Å². The molecule has 1 aromatic heterocycles. The summed E-state index contributed by atoms with van der Waals surface area (Å²) in [7, 11) is 0. The van der Waals surface area contributed by atoms with Gasteiger partial charge in [0, 0.05) is 30.4 Å². The Morgan fingerprint density at radius 1 is 1.10 bits per heavy atom. The molecule has 2 heterocycles. The first-order chi connectivity index (χ1) is 13.9. The molecule has 0 saturated heterocycles. The van der Waals surface area contributed by atoms with Gasteiger partial charge < -0.3 is 4.74 Å². The van der Waals surface area contributed by atoms with Gasteiger partial charge in [-0.15, -0.1) is 0 Å². The highest BCUT2D eigenvalue weighted by Gasteiger charge is 2.26. The lowest BCUT2D eigenvalue weighted by Gasteiger charge is -2.28. The second-order valence-electron chi connectivity index (χ2n) is 6.31. The van der Waals surface area contributed by atoms with E-state index < -0.39 is 4.92 Å². The van der Waals surface area contributed by atoms with Gasteiger partial charge in [-0.05, 0) is 42.3 Å². The number of rotatable bonds is 4. The van der Waals surface area contributed by atoms with E-state index in [4.69, 9.17) is 27.9 Å². The molecule has 0 atom stereocenters. The van der Waals surface area contributed by atoms with Crippen molar-refractivity contribution in [2.45, 2.75) is 6.42 Å². The van der Waals surface area contributed by atoms with Crippen LogP contribution in [0.4, 0.5) is 11.5 Å². The Hall–Kier alpha value is -3.16. The molecule has 146 valence electrons. The zero-order valence-corrected chi connectivity index (χ0v) is 16.4. The van der Waals surface area contributed by atoms with E-state index in [1.807, 2.05) is 6.07 Å². The topological polar surface area (TPSA) is 85.6 Å². The Morgan fingerprint density at radius 2 is 1.86 bits per heavy atom. The summed E-state index contributed by atoms with van der Waals surface area (Å²) in [5.74, 6) is 1.02. The minimum atomic E-state index is -0.584. The molecule has 0 aliphatic carbocycles. The van der Waals surface area contributed by atoms with Gasteiger partial charge in [-0.3, -0.25) is 19.8 Å². The van der Waals surface area contributed by atoms with Crippen LogP contribution in [0.1, 0.15) is 15.9 Å². The summed E-state index contributed by atoms with van der Waals surface area (Å²) in [6.45, 7) is 0.491. The van der Waals surface area contributed by atoms with Crippen molar-refractivity contribution in [2.24, 2.45) is 0 Å². The highest BCUT2D eigenvalue weighted by atomic mass is 35.5. The van der Waals surface area contributed by atoms with Gasteiger partial charge in [-0.2, -0.15) is 0 Å². The molecule has 0 unspecified atom stereocenters. The molecule has 0 radical (unpaired) electrons. The summed E-state index contributed by atoms with van der Waals surface area (Å²) in [5, 5.41) is 11.0. The third kappa shape index (κ3) is 3.74. The number of amides is 1. The Balaban J connectivity index is 1.61. The average molecular weight is 430 g/mol. The van der Waals surface area contributed by atoms with Crippen LogP contribution in [0.3, 0.4) is 0 Å². The predicted molar refractivity (Wildman–Crippen MR) is 109 cm³/mol. The Labute approximate surface area is 175 Å². The van der Waals surface area contributed by atoms with E-state index >= 15 is 0 Å². The van der Waals surface area contributed by atoms with Gasteiger partial charge in [0.1, 0.15) is 11.6 Å². The summed E-state index contributed by atoms with van der Waals surface area (Å²) < 4.78 is 5.76. The Bertz CT molecular complexity index is 1100. The first-order valence-corrected chi connectivity index (χ1v) is 9.37. The molecule has 0 bridgehead atoms. The monoisotopic (exact) mass is 429 g/mol. The maximum Gasteiger partial charge on any atom is 0.272 e. The second kappa shape index (κ2) is 7.69. The number of aromatic nitrogens is 1. The SMILES string of the molecule is O=C1c2ccc(Oc3c(Cl)cc([N+](=O)[O-])cc3Cl)cc2CCN1c1ccccn1. The molecule has 2 aromatic carbocycles. The zero-order valence-electron chi connectivity index (χ0n) is 14.8. The van der Waals surface area contributed by atoms with Gasteiger partial charge in [-0.25, -0.2) is 4.98 Å². The molecule has 1 aliphatic heterocycles. The van der Waals surface area contributed by atoms with Crippen molar-refractivity contribution in [3.8, 4) is 11.5 Å². The van der Waals surface area contributed by atoms with Crippen LogP contribution in [0.15, 0.2) is 54.7 Å². The molecule has 0 spiro atoms. The van der Waals surface area contributed by atoms with Crippen LogP contribution in [0.2, 0.25) is 10.0 Å². The third-order valence-corrected chi connectivity index (χ3v) is 5.06. The highest BCUT2D eigenvalue weighted by molar-refractivity contribution is 6.37. The fourth-order valence-corrected chi connectivity index (χ4v) is 3.68. The van der Waals surface area contributed by atoms with Crippen molar-refractivity contribution < 1.29 is 14.5 Å². The van der Waals surface area contributed by atoms with E-state index in [2.05, 4.69) is 4.98 Å². The molecular weight excluding hydrogens is 417 g/mol. The Morgan fingerprint density at radius 3 is 2.52 bits per heavy atom. The van der Waals surface area contributed by atoms with Crippen molar-refractivity contribution in [1.82, 2.24) is 4.98 Å². The number of halogens is 2. The minimum Gasteiger partial charge on any atom is -0.454 e. The fourth-order valence-electron chi connectivity index (χ4n) is 3.13. The molecule has 1 amide bonds. The summed E-state index contributed by atoms with van der Waals surface area (Å²) in [6, 6.07) is 12.8. The number of nitro groups is 1. The number of anilines is 1. The van der Waals surface area contributed by atoms with E-state index in [0.717, 1.165) is 5.56 Å². The molecule has 1 aliphatic rings. The number of carbonyl (C=O) groups is 1. The molecule has 9 heteroatoms. The second-order valence-corrected chi connectivity index (χ2v) is 7.13. The number of pyridine rings is 1. The van der Waals surface area contributed by atoms with Gasteiger partial charge in [0.2, 0.25) is 0 Å². The summed E-state index contributed by atoms with van der Waals surface area (Å²) in [6.07, 6.45) is 2.27. The smallest absolute Gasteiger partial charge is 0.272 e. The van der Waals surface area contributed by atoms with E-state index in [9.17, 15) is 14.9 Å². The maximum absolute atomic E-state index is 12.8. The van der Waals surface area contributed by atoms with Crippen LogP contribution >= 0.6 is 23.2 Å². The minimum absolute atomic E-state index is 0.0272. The molecule has 0 N–H and O–H groups in total. The molecule has 7 nitrogen and oxygen atoms in total. The average Bonchev–Trinajstić information content (AvgIpc) is 2.71. The summed E-state index contributed by atoms with van der Waals surface area (Å²) in [4.78, 5) is 29.0. The number of nitrogens with zero attached hydrogens (tertiary/aromatic N) is 3. The van der Waals surface area contributed by atoms with Gasteiger partial charge in [0.25, 0.3) is 11.6 Å². The standard InChI is InChI=1S/C20H13Cl2N3O4/c21-16-10-13(25(27)28)11-17(22)19(16)29-14-4-5-15-12(9-14)6-8-24(20(15)26)18-3-1-2-7-23-18/h1-5,7,9-11H,6,8H2. The third-order valence-electron chi connectivity index (χ3n) is 4.50. The van der Waals surface area contributed by atoms with E-state index in [1.165, 1.54) is 12.1 Å². The predicted octanol–water partition coefficient (Wildman–Crippen LogP) is 5.29. The van der Waals surface area contributed by atoms with Gasteiger partial charge in [-0.1, -0.05) is 29.3 Å². The highest BCUT2D eigenvalue weighted by Crippen LogP contribution is 2.40. The largest absolute Gasteiger partial charge is 0.454 e. The van der Waals surface area contributed by atoms with Crippen molar-refractivity contribution in [2.75, 3.05) is 11.4 Å². The van der Waals surface area contributed by atoms with Crippen LogP contribution < -0.4 is 9.64 Å². The summed E-state index contributed by atoms with van der Waals surface area (Å²) >= 11 is 12.2. The van der Waals surface area contributed by atoms with Crippen LogP contribution in [0.25, 0.3) is 0 Å². The maximum atomic E-state index is 12.8. The van der Waals surface area contributed by atoms with Crippen LogP contribution in [-0.4, -0.2) is 22.4 Å². The van der Waals surface area contributed by atoms with Crippen molar-refractivity contribution in [3.05, 3.63) is 86.0 Å². The van der Waals surface area contributed by atoms with Crippen LogP contribution in [0, 0.1) is 10.1 Å². The van der Waals surface area contributed by atoms with E-state index in [1.54, 1.807) is 41.4 Å². The van der Waals surface area contributed by atoms with Crippen molar-refractivity contribution in [3.63, 3.8) is 0 Å². The van der Waals surface area contributed by atoms with Gasteiger partial charge >= 0.3 is 0 Å². The number of non-ortho nitro benzene ring substituents is 1. The van der Waals surface area contributed by atoms with Crippen LogP contribution in [-0.2, 0) is 6.42 Å². The number of carbonyl (C=O) groups excluding carboxylic acids is 1. The number of ether oxygens (including phenoxy) is 1. The molecule has 0 fully saturated rings. The van der Waals surface area contributed by atoms with Gasteiger partial charge in [0.15, 0.2) is 5.75 Å². The number of hydrogen-bond acceptors (Lipinski definition) is 5.